The van der Waals surface area contributed by atoms with Crippen LogP contribution in [-0.4, -0.2) is 16.8 Å². The molecule has 0 fully saturated rings. The number of pyridine rings is 1. The van der Waals surface area contributed by atoms with E-state index in [2.05, 4.69) is 0 Å². The fourth-order valence-electron chi connectivity index (χ4n) is 1.47. The molecule has 0 aliphatic carbocycles. The van der Waals surface area contributed by atoms with Gasteiger partial charge in [0.1, 0.15) is 5.60 Å². The first-order chi connectivity index (χ1) is 7.78. The summed E-state index contributed by atoms with van der Waals surface area (Å²) in [6.45, 7) is 7.45. The number of esters is 1. The quantitative estimate of drug-likeness (QED) is 0.496. The van der Waals surface area contributed by atoms with Gasteiger partial charge in [0, 0.05) is 23.3 Å². The molecule has 17 heavy (non-hydrogen) atoms. The van der Waals surface area contributed by atoms with Crippen LogP contribution in [0.25, 0.3) is 0 Å². The molecule has 94 valence electrons. The number of aromatic nitrogens is 1. The molecule has 0 saturated heterocycles. The summed E-state index contributed by atoms with van der Waals surface area (Å²) in [4.78, 5) is 11.5. The van der Waals surface area contributed by atoms with Crippen LogP contribution in [0, 0.1) is 6.92 Å². The molecule has 1 aromatic rings. The Morgan fingerprint density at radius 2 is 2.12 bits per heavy atom. The van der Waals surface area contributed by atoms with E-state index in [-0.39, 0.29) is 12.4 Å². The van der Waals surface area contributed by atoms with E-state index in [9.17, 15) is 10.0 Å². The van der Waals surface area contributed by atoms with Crippen molar-refractivity contribution in [1.82, 2.24) is 0 Å². The van der Waals surface area contributed by atoms with Crippen molar-refractivity contribution >= 4 is 5.97 Å². The second kappa shape index (κ2) is 5.17. The van der Waals surface area contributed by atoms with Crippen LogP contribution in [0.5, 0.6) is 0 Å². The Hall–Kier alpha value is -1.58. The highest BCUT2D eigenvalue weighted by molar-refractivity contribution is 5.70. The van der Waals surface area contributed by atoms with E-state index < -0.39 is 5.60 Å². The van der Waals surface area contributed by atoms with E-state index in [1.165, 1.54) is 0 Å². The van der Waals surface area contributed by atoms with Crippen LogP contribution in [0.4, 0.5) is 0 Å². The van der Waals surface area contributed by atoms with Gasteiger partial charge in [-0.1, -0.05) is 0 Å². The van der Waals surface area contributed by atoms with Crippen LogP contribution in [0.15, 0.2) is 18.3 Å². The lowest BCUT2D eigenvalue weighted by Crippen LogP contribution is -2.35. The van der Waals surface area contributed by atoms with Gasteiger partial charge in [0.25, 0.3) is 0 Å². The van der Waals surface area contributed by atoms with Crippen LogP contribution in [0.3, 0.4) is 0 Å². The SMILES string of the molecule is Cc1cc[n+](O)c(CCC(=O)OC(C)(C)C)c1. The van der Waals surface area contributed by atoms with E-state index in [1.807, 2.05) is 33.8 Å². The monoisotopic (exact) mass is 238 g/mol. The molecular weight excluding hydrogens is 218 g/mol. The summed E-state index contributed by atoms with van der Waals surface area (Å²) in [5.74, 6) is -0.251. The zero-order chi connectivity index (χ0) is 13.1. The van der Waals surface area contributed by atoms with Crippen molar-refractivity contribution in [2.24, 2.45) is 0 Å². The molecule has 0 aromatic carbocycles. The molecule has 1 aromatic heterocycles. The largest absolute Gasteiger partial charge is 0.460 e. The molecule has 0 saturated carbocycles. The second-order valence-corrected chi connectivity index (χ2v) is 5.13. The lowest BCUT2D eigenvalue weighted by molar-refractivity contribution is -0.909. The van der Waals surface area contributed by atoms with Gasteiger partial charge in [-0.15, -0.1) is 0 Å². The van der Waals surface area contributed by atoms with E-state index in [0.717, 1.165) is 10.3 Å². The molecule has 0 spiro atoms. The number of carbonyl (C=O) groups is 1. The van der Waals surface area contributed by atoms with Crippen molar-refractivity contribution in [3.8, 4) is 0 Å². The lowest BCUT2D eigenvalue weighted by atomic mass is 10.1. The second-order valence-electron chi connectivity index (χ2n) is 5.13. The third-order valence-corrected chi connectivity index (χ3v) is 2.17. The van der Waals surface area contributed by atoms with Crippen LogP contribution in [-0.2, 0) is 16.0 Å². The summed E-state index contributed by atoms with van der Waals surface area (Å²) in [7, 11) is 0. The van der Waals surface area contributed by atoms with Crippen LogP contribution >= 0.6 is 0 Å². The lowest BCUT2D eigenvalue weighted by Gasteiger charge is -2.19. The predicted molar refractivity (Wildman–Crippen MR) is 62.7 cm³/mol. The number of hydrogen-bond donors (Lipinski definition) is 1. The van der Waals surface area contributed by atoms with Crippen LogP contribution in [0.1, 0.15) is 38.4 Å². The predicted octanol–water partition coefficient (Wildman–Crippen LogP) is 1.79. The van der Waals surface area contributed by atoms with Gasteiger partial charge in [0.15, 0.2) is 0 Å². The molecule has 0 atom stereocenters. The molecule has 1 heterocycles. The fourth-order valence-corrected chi connectivity index (χ4v) is 1.47. The Morgan fingerprint density at radius 3 is 2.71 bits per heavy atom. The highest BCUT2D eigenvalue weighted by Crippen LogP contribution is 2.09. The fraction of sp³-hybridized carbons (Fsp3) is 0.538. The third kappa shape index (κ3) is 4.85. The maximum absolute atomic E-state index is 11.5. The van der Waals surface area contributed by atoms with Gasteiger partial charge in [-0.2, -0.15) is 0 Å². The zero-order valence-corrected chi connectivity index (χ0v) is 10.9. The Morgan fingerprint density at radius 1 is 1.47 bits per heavy atom. The Kier molecular flexibility index (Phi) is 4.10. The molecule has 0 aliphatic heterocycles. The molecule has 0 aliphatic rings. The first kappa shape index (κ1) is 13.5. The summed E-state index contributed by atoms with van der Waals surface area (Å²) >= 11 is 0. The van der Waals surface area contributed by atoms with Crippen LogP contribution in [0.2, 0.25) is 0 Å². The Labute approximate surface area is 102 Å². The number of hydrogen-bond acceptors (Lipinski definition) is 3. The van der Waals surface area contributed by atoms with Crippen molar-refractivity contribution in [1.29, 1.82) is 0 Å². The molecule has 0 bridgehead atoms. The molecule has 0 amide bonds. The summed E-state index contributed by atoms with van der Waals surface area (Å²) in [6, 6.07) is 3.65. The first-order valence-corrected chi connectivity index (χ1v) is 5.70. The number of aryl methyl sites for hydroxylation is 2. The Balaban J connectivity index is 2.56. The number of ether oxygens (including phenoxy) is 1. The van der Waals surface area contributed by atoms with Crippen LogP contribution < -0.4 is 4.73 Å². The van der Waals surface area contributed by atoms with E-state index in [1.54, 1.807) is 12.3 Å². The van der Waals surface area contributed by atoms with E-state index in [0.29, 0.717) is 12.1 Å². The maximum atomic E-state index is 11.5. The van der Waals surface area contributed by atoms with Crippen molar-refractivity contribution in [2.75, 3.05) is 0 Å². The van der Waals surface area contributed by atoms with Crippen molar-refractivity contribution in [3.63, 3.8) is 0 Å². The normalized spacial score (nSPS) is 11.3. The average molecular weight is 238 g/mol. The molecule has 1 N–H and O–H groups in total. The minimum absolute atomic E-state index is 0.251. The first-order valence-electron chi connectivity index (χ1n) is 5.70. The average Bonchev–Trinajstić information content (AvgIpc) is 2.17. The maximum Gasteiger partial charge on any atom is 0.306 e. The summed E-state index contributed by atoms with van der Waals surface area (Å²) in [5, 5.41) is 9.54. The minimum atomic E-state index is -0.459. The smallest absolute Gasteiger partial charge is 0.306 e. The third-order valence-electron chi connectivity index (χ3n) is 2.17. The number of nitrogens with zero attached hydrogens (tertiary/aromatic N) is 1. The van der Waals surface area contributed by atoms with Gasteiger partial charge in [-0.25, -0.2) is 0 Å². The molecular formula is C13H20NO3+. The zero-order valence-electron chi connectivity index (χ0n) is 10.9. The Bertz CT molecular complexity index is 408. The summed E-state index contributed by atoms with van der Waals surface area (Å²) < 4.78 is 6.24. The van der Waals surface area contributed by atoms with Gasteiger partial charge in [-0.3, -0.25) is 10.0 Å². The van der Waals surface area contributed by atoms with Gasteiger partial charge in [-0.05, 0) is 33.3 Å². The van der Waals surface area contributed by atoms with Gasteiger partial charge in [0.05, 0.1) is 6.42 Å². The van der Waals surface area contributed by atoms with Gasteiger partial charge in [0.2, 0.25) is 11.9 Å². The van der Waals surface area contributed by atoms with Crippen molar-refractivity contribution in [2.45, 2.75) is 46.1 Å². The summed E-state index contributed by atoms with van der Waals surface area (Å²) in [5.41, 5.74) is 1.30. The number of carbonyl (C=O) groups excluding carboxylic acids is 1. The molecule has 0 radical (unpaired) electrons. The van der Waals surface area contributed by atoms with Crippen molar-refractivity contribution < 1.29 is 19.5 Å². The molecule has 0 unspecified atom stereocenters. The van der Waals surface area contributed by atoms with Gasteiger partial charge < -0.3 is 4.74 Å². The summed E-state index contributed by atoms with van der Waals surface area (Å²) in [6.07, 6.45) is 2.30. The van der Waals surface area contributed by atoms with E-state index >= 15 is 0 Å². The van der Waals surface area contributed by atoms with E-state index in [4.69, 9.17) is 4.74 Å². The highest BCUT2D eigenvalue weighted by atomic mass is 16.6. The highest BCUT2D eigenvalue weighted by Gasteiger charge is 2.18. The number of rotatable bonds is 3. The standard InChI is InChI=1S/C13H20NO3/c1-10-7-8-14(16)11(9-10)5-6-12(15)17-13(2,3)4/h7-9,16H,5-6H2,1-4H3/q+1. The topological polar surface area (TPSA) is 50.4 Å². The molecule has 4 nitrogen and oxygen atoms in total. The molecule has 1 rings (SSSR count). The molecule has 4 heteroatoms. The van der Waals surface area contributed by atoms with Crippen molar-refractivity contribution in [3.05, 3.63) is 29.6 Å². The minimum Gasteiger partial charge on any atom is -0.460 e. The van der Waals surface area contributed by atoms with Gasteiger partial charge >= 0.3 is 5.97 Å².